The highest BCUT2D eigenvalue weighted by Crippen LogP contribution is 2.43. The molecule has 1 N–H and O–H groups in total. The molecule has 0 aromatic rings. The van der Waals surface area contributed by atoms with Gasteiger partial charge >= 0.3 is 7.82 Å². The zero-order valence-corrected chi connectivity index (χ0v) is 7.79. The van der Waals surface area contributed by atoms with Gasteiger partial charge < -0.3 is 4.89 Å². The number of phosphoric ester groups is 1. The topological polar surface area (TPSA) is 79.6 Å². The second-order valence-corrected chi connectivity index (χ2v) is 3.50. The van der Waals surface area contributed by atoms with E-state index in [0.29, 0.717) is 6.42 Å². The van der Waals surface area contributed by atoms with Crippen molar-refractivity contribution < 1.29 is 18.5 Å². The smallest absolute Gasteiger partial charge is 0.302 e. The van der Waals surface area contributed by atoms with Gasteiger partial charge in [0.1, 0.15) is 0 Å². The molecule has 0 fully saturated rings. The average molecular weight is 193 g/mol. The van der Waals surface area contributed by atoms with E-state index < -0.39 is 7.82 Å². The lowest BCUT2D eigenvalue weighted by molar-refractivity contribution is 0.152. The normalized spacial score (nSPS) is 15.1. The number of hydrogen-bond donors (Lipinski definition) is 1. The third kappa shape index (κ3) is 6.32. The Hall–Kier alpha value is -0.400. The third-order valence-electron chi connectivity index (χ3n) is 0.927. The molecular formula is C6H12NO4P. The van der Waals surface area contributed by atoms with Crippen LogP contribution in [0.2, 0.25) is 0 Å². The number of phosphoric acid groups is 1. The molecule has 0 aromatic carbocycles. The number of rotatable bonds is 6. The van der Waals surface area contributed by atoms with Crippen LogP contribution in [-0.4, -0.2) is 18.1 Å². The third-order valence-corrected chi connectivity index (χ3v) is 1.94. The molecule has 6 heteroatoms. The average Bonchev–Trinajstić information content (AvgIpc) is 2.01. The molecule has 5 nitrogen and oxygen atoms in total. The van der Waals surface area contributed by atoms with Crippen molar-refractivity contribution in [3.63, 3.8) is 0 Å². The van der Waals surface area contributed by atoms with E-state index in [9.17, 15) is 4.57 Å². The van der Waals surface area contributed by atoms with Crippen LogP contribution in [0.15, 0.2) is 0 Å². The van der Waals surface area contributed by atoms with E-state index in [1.165, 1.54) is 0 Å². The van der Waals surface area contributed by atoms with Crippen LogP contribution in [0.25, 0.3) is 0 Å². The Bertz CT molecular complexity index is 200. The lowest BCUT2D eigenvalue weighted by Crippen LogP contribution is -1.97. The van der Waals surface area contributed by atoms with Crippen molar-refractivity contribution >= 4 is 7.82 Å². The Morgan fingerprint density at radius 2 is 2.08 bits per heavy atom. The lowest BCUT2D eigenvalue weighted by atomic mass is 10.5. The molecule has 0 amide bonds. The minimum absolute atomic E-state index is 0.0754. The zero-order chi connectivity index (χ0) is 9.45. The summed E-state index contributed by atoms with van der Waals surface area (Å²) in [5, 5.41) is 8.10. The molecule has 70 valence electrons. The van der Waals surface area contributed by atoms with Crippen molar-refractivity contribution in [2.24, 2.45) is 0 Å². The number of nitriles is 1. The summed E-state index contributed by atoms with van der Waals surface area (Å²) in [5.74, 6) is 0. The highest BCUT2D eigenvalue weighted by Gasteiger charge is 2.19. The predicted octanol–water partition coefficient (Wildman–Crippen LogP) is 1.44. The molecule has 1 unspecified atom stereocenters. The number of nitrogens with zero attached hydrogens (tertiary/aromatic N) is 1. The molecule has 0 aliphatic rings. The predicted molar refractivity (Wildman–Crippen MR) is 42.3 cm³/mol. The molecule has 0 aliphatic heterocycles. The van der Waals surface area contributed by atoms with Gasteiger partial charge in [-0.2, -0.15) is 5.26 Å². The maximum Gasteiger partial charge on any atom is 0.472 e. The van der Waals surface area contributed by atoms with Gasteiger partial charge in [-0.15, -0.1) is 0 Å². The van der Waals surface area contributed by atoms with E-state index in [1.807, 2.05) is 6.92 Å². The Labute approximate surface area is 71.5 Å². The second-order valence-electron chi connectivity index (χ2n) is 2.04. The first-order chi connectivity index (χ1) is 5.62. The van der Waals surface area contributed by atoms with E-state index in [0.717, 1.165) is 0 Å². The maximum absolute atomic E-state index is 10.8. The fourth-order valence-corrected chi connectivity index (χ4v) is 1.26. The van der Waals surface area contributed by atoms with Crippen LogP contribution in [0.1, 0.15) is 19.8 Å². The van der Waals surface area contributed by atoms with E-state index in [-0.39, 0.29) is 19.6 Å². The Balaban J connectivity index is 3.58. The highest BCUT2D eigenvalue weighted by molar-refractivity contribution is 7.47. The fourth-order valence-electron chi connectivity index (χ4n) is 0.451. The Morgan fingerprint density at radius 1 is 1.50 bits per heavy atom. The van der Waals surface area contributed by atoms with Gasteiger partial charge in [0, 0.05) is 0 Å². The van der Waals surface area contributed by atoms with Gasteiger partial charge in [0.05, 0.1) is 25.7 Å². The van der Waals surface area contributed by atoms with Gasteiger partial charge in [-0.3, -0.25) is 9.05 Å². The van der Waals surface area contributed by atoms with Crippen molar-refractivity contribution in [1.82, 2.24) is 0 Å². The van der Waals surface area contributed by atoms with Gasteiger partial charge in [-0.25, -0.2) is 4.57 Å². The molecule has 0 aromatic heterocycles. The second kappa shape index (κ2) is 6.15. The quantitative estimate of drug-likeness (QED) is 0.510. The molecule has 0 saturated carbocycles. The van der Waals surface area contributed by atoms with Crippen molar-refractivity contribution in [3.05, 3.63) is 0 Å². The van der Waals surface area contributed by atoms with Crippen molar-refractivity contribution in [2.75, 3.05) is 13.2 Å². The van der Waals surface area contributed by atoms with Crippen molar-refractivity contribution in [3.8, 4) is 6.07 Å². The monoisotopic (exact) mass is 193 g/mol. The van der Waals surface area contributed by atoms with Gasteiger partial charge in [0.15, 0.2) is 0 Å². The molecule has 0 heterocycles. The lowest BCUT2D eigenvalue weighted by Gasteiger charge is -2.09. The molecule has 12 heavy (non-hydrogen) atoms. The molecule has 0 rings (SSSR count). The van der Waals surface area contributed by atoms with Gasteiger partial charge in [0.2, 0.25) is 0 Å². The van der Waals surface area contributed by atoms with Crippen molar-refractivity contribution in [2.45, 2.75) is 19.8 Å². The summed E-state index contributed by atoms with van der Waals surface area (Å²) < 4.78 is 19.8. The van der Waals surface area contributed by atoms with Crippen LogP contribution in [0.5, 0.6) is 0 Å². The summed E-state index contributed by atoms with van der Waals surface area (Å²) in [5.41, 5.74) is 0. The van der Waals surface area contributed by atoms with E-state index >= 15 is 0 Å². The Kier molecular flexibility index (Phi) is 5.95. The summed E-state index contributed by atoms with van der Waals surface area (Å²) in [4.78, 5) is 8.87. The first-order valence-electron chi connectivity index (χ1n) is 3.61. The molecular weight excluding hydrogens is 181 g/mol. The summed E-state index contributed by atoms with van der Waals surface area (Å²) in [6.07, 6.45) is 0.728. The summed E-state index contributed by atoms with van der Waals surface area (Å²) in [7, 11) is -3.89. The van der Waals surface area contributed by atoms with E-state index in [1.54, 1.807) is 6.07 Å². The van der Waals surface area contributed by atoms with Crippen LogP contribution < -0.4 is 0 Å². The molecule has 0 bridgehead atoms. The SMILES string of the molecule is CCCOP(=O)(O)OCCC#N. The molecule has 0 saturated heterocycles. The maximum atomic E-state index is 10.8. The molecule has 0 aliphatic carbocycles. The molecule has 0 radical (unpaired) electrons. The van der Waals surface area contributed by atoms with Crippen LogP contribution in [-0.2, 0) is 13.6 Å². The number of hydrogen-bond acceptors (Lipinski definition) is 4. The van der Waals surface area contributed by atoms with Crippen LogP contribution in [0.3, 0.4) is 0 Å². The van der Waals surface area contributed by atoms with E-state index in [2.05, 4.69) is 9.05 Å². The zero-order valence-electron chi connectivity index (χ0n) is 6.89. The Morgan fingerprint density at radius 3 is 2.58 bits per heavy atom. The minimum Gasteiger partial charge on any atom is -0.302 e. The highest BCUT2D eigenvalue weighted by atomic mass is 31.2. The summed E-state index contributed by atoms with van der Waals surface area (Å²) in [6, 6.07) is 1.78. The molecule has 1 atom stereocenters. The molecule has 0 spiro atoms. The van der Waals surface area contributed by atoms with Gasteiger partial charge in [-0.1, -0.05) is 6.92 Å². The van der Waals surface area contributed by atoms with Crippen LogP contribution in [0, 0.1) is 11.3 Å². The first-order valence-corrected chi connectivity index (χ1v) is 5.10. The summed E-state index contributed by atoms with van der Waals surface area (Å²) >= 11 is 0. The van der Waals surface area contributed by atoms with E-state index in [4.69, 9.17) is 10.2 Å². The fraction of sp³-hybridized carbons (Fsp3) is 0.833. The first kappa shape index (κ1) is 11.6. The van der Waals surface area contributed by atoms with Crippen LogP contribution >= 0.6 is 7.82 Å². The van der Waals surface area contributed by atoms with Gasteiger partial charge in [0.25, 0.3) is 0 Å². The van der Waals surface area contributed by atoms with Crippen molar-refractivity contribution in [1.29, 1.82) is 5.26 Å². The van der Waals surface area contributed by atoms with Gasteiger partial charge in [-0.05, 0) is 6.42 Å². The van der Waals surface area contributed by atoms with Crippen LogP contribution in [0.4, 0.5) is 0 Å². The largest absolute Gasteiger partial charge is 0.472 e. The standard InChI is InChI=1S/C6H12NO4P/c1-2-5-10-12(8,9)11-6-3-4-7/h2-3,5-6H2,1H3,(H,8,9). The minimum atomic E-state index is -3.89. The summed E-state index contributed by atoms with van der Waals surface area (Å²) in [6.45, 7) is 1.92.